The minimum Gasteiger partial charge on any atom is -0.495 e. The fourth-order valence-corrected chi connectivity index (χ4v) is 3.99. The van der Waals surface area contributed by atoms with Crippen LogP contribution in [0.3, 0.4) is 0 Å². The van der Waals surface area contributed by atoms with Crippen LogP contribution in [0.2, 0.25) is 10.0 Å². The molecule has 0 radical (unpaired) electrons. The normalized spacial score (nSPS) is 10.6. The number of Topliss-reactive ketones (excluding diaryl/α,β-unsaturated/α-hetero) is 1. The Morgan fingerprint density at radius 1 is 1.03 bits per heavy atom. The van der Waals surface area contributed by atoms with Crippen molar-refractivity contribution in [1.82, 2.24) is 19.5 Å². The molecule has 0 aliphatic carbocycles. The number of anilines is 3. The summed E-state index contributed by atoms with van der Waals surface area (Å²) in [6.45, 7) is 1.63. The maximum absolute atomic E-state index is 12.7. The first-order valence-electron chi connectivity index (χ1n) is 11.0. The number of rotatable bonds is 10. The number of nitrogens with one attached hydrogen (secondary N) is 2. The van der Waals surface area contributed by atoms with Crippen LogP contribution in [0.4, 0.5) is 17.5 Å². The molecular weight excluding hydrogens is 519 g/mol. The number of carbonyl (C=O) groups is 1. The molecule has 0 aliphatic rings. The molecule has 2 aromatic heterocycles. The number of ketones is 1. The molecular formula is C25H24Cl2N6O4. The molecule has 2 N–H and O–H groups in total. The van der Waals surface area contributed by atoms with E-state index in [9.17, 15) is 4.79 Å². The Morgan fingerprint density at radius 3 is 2.49 bits per heavy atom. The Labute approximate surface area is 223 Å². The zero-order valence-electron chi connectivity index (χ0n) is 20.5. The maximum Gasteiger partial charge on any atom is 0.229 e. The van der Waals surface area contributed by atoms with E-state index in [1.165, 1.54) is 25.4 Å². The second-order valence-corrected chi connectivity index (χ2v) is 8.58. The average molecular weight is 543 g/mol. The average Bonchev–Trinajstić information content (AvgIpc) is 3.34. The molecule has 0 saturated carbocycles. The third kappa shape index (κ3) is 5.87. The van der Waals surface area contributed by atoms with Crippen LogP contribution in [0.25, 0.3) is 5.69 Å². The number of imidazole rings is 1. The Bertz CT molecular complexity index is 1440. The molecule has 0 atom stereocenters. The third-order valence-corrected chi connectivity index (χ3v) is 5.93. The van der Waals surface area contributed by atoms with Gasteiger partial charge in [0.05, 0.1) is 48.2 Å². The van der Waals surface area contributed by atoms with Crippen molar-refractivity contribution in [1.29, 1.82) is 0 Å². The van der Waals surface area contributed by atoms with E-state index in [1.54, 1.807) is 20.5 Å². The number of nitrogens with zero attached hydrogens (tertiary/aromatic N) is 4. The summed E-state index contributed by atoms with van der Waals surface area (Å²) in [4.78, 5) is 25.7. The van der Waals surface area contributed by atoms with Crippen LogP contribution >= 0.6 is 23.2 Å². The summed E-state index contributed by atoms with van der Waals surface area (Å²) in [5.41, 5.74) is 2.68. The number of aromatic nitrogens is 4. The zero-order valence-corrected chi connectivity index (χ0v) is 22.0. The van der Waals surface area contributed by atoms with Gasteiger partial charge < -0.3 is 29.4 Å². The first kappa shape index (κ1) is 26.1. The van der Waals surface area contributed by atoms with E-state index >= 15 is 0 Å². The Balaban J connectivity index is 1.47. The molecule has 0 bridgehead atoms. The van der Waals surface area contributed by atoms with Crippen LogP contribution in [0.1, 0.15) is 16.1 Å². The Kier molecular flexibility index (Phi) is 8.00. The first-order chi connectivity index (χ1) is 17.8. The number of benzene rings is 2. The number of hydrogen-bond donors (Lipinski definition) is 2. The molecule has 12 heteroatoms. The molecule has 0 amide bonds. The molecule has 0 aliphatic heterocycles. The van der Waals surface area contributed by atoms with Gasteiger partial charge in [-0.25, -0.2) is 9.97 Å². The van der Waals surface area contributed by atoms with Gasteiger partial charge in [-0.15, -0.1) is 0 Å². The summed E-state index contributed by atoms with van der Waals surface area (Å²) in [5, 5.41) is 6.58. The van der Waals surface area contributed by atoms with Crippen molar-refractivity contribution >= 4 is 46.4 Å². The molecule has 4 aromatic rings. The van der Waals surface area contributed by atoms with E-state index in [1.807, 2.05) is 35.9 Å². The second kappa shape index (κ2) is 11.4. The fourth-order valence-electron chi connectivity index (χ4n) is 3.49. The van der Waals surface area contributed by atoms with Crippen molar-refractivity contribution in [2.45, 2.75) is 6.92 Å². The lowest BCUT2D eigenvalue weighted by Crippen LogP contribution is -2.14. The number of hydrogen-bond acceptors (Lipinski definition) is 9. The quantitative estimate of drug-likeness (QED) is 0.256. The number of methoxy groups -OCH3 is 2. The van der Waals surface area contributed by atoms with E-state index in [-0.39, 0.29) is 28.0 Å². The SMILES string of the molecule is CNc1nc(Nc2ccc(-n3cnc(C)c3)c(OC)c2)ncc1OCC(=O)c1cc(Cl)c(OC)cc1Cl. The highest BCUT2D eigenvalue weighted by Gasteiger charge is 2.17. The summed E-state index contributed by atoms with van der Waals surface area (Å²) in [7, 11) is 4.75. The Morgan fingerprint density at radius 2 is 1.81 bits per heavy atom. The van der Waals surface area contributed by atoms with Crippen LogP contribution in [0, 0.1) is 6.92 Å². The molecule has 2 heterocycles. The van der Waals surface area contributed by atoms with Crippen LogP contribution in [-0.2, 0) is 0 Å². The number of halogens is 2. The number of ether oxygens (including phenoxy) is 3. The summed E-state index contributed by atoms with van der Waals surface area (Å²) in [6, 6.07) is 8.55. The van der Waals surface area contributed by atoms with Crippen LogP contribution in [-0.4, -0.2) is 53.2 Å². The van der Waals surface area contributed by atoms with Crippen LogP contribution in [0.5, 0.6) is 17.2 Å². The van der Waals surface area contributed by atoms with E-state index in [2.05, 4.69) is 25.6 Å². The molecule has 0 fully saturated rings. The van der Waals surface area contributed by atoms with Crippen molar-refractivity contribution in [3.63, 3.8) is 0 Å². The highest BCUT2D eigenvalue weighted by atomic mass is 35.5. The predicted molar refractivity (Wildman–Crippen MR) is 143 cm³/mol. The lowest BCUT2D eigenvalue weighted by atomic mass is 10.1. The van der Waals surface area contributed by atoms with Gasteiger partial charge in [-0.1, -0.05) is 23.2 Å². The van der Waals surface area contributed by atoms with Gasteiger partial charge in [-0.05, 0) is 25.1 Å². The molecule has 37 heavy (non-hydrogen) atoms. The van der Waals surface area contributed by atoms with Gasteiger partial charge in [-0.2, -0.15) is 4.98 Å². The summed E-state index contributed by atoms with van der Waals surface area (Å²) in [5.74, 6) is 1.66. The molecule has 0 saturated heterocycles. The van der Waals surface area contributed by atoms with Crippen molar-refractivity contribution in [3.8, 4) is 22.9 Å². The predicted octanol–water partition coefficient (Wildman–Crippen LogP) is 5.34. The largest absolute Gasteiger partial charge is 0.495 e. The minimum atomic E-state index is -0.362. The standard InChI is InChI=1S/C25H24Cl2N6O4/c1-14-11-33(13-30-14)19-6-5-15(7-22(19)36-4)31-25-29-10-23(24(28-2)32-25)37-12-20(34)16-8-18(27)21(35-3)9-17(16)26/h5-11,13H,12H2,1-4H3,(H2,28,29,31,32). The van der Waals surface area contributed by atoms with E-state index < -0.39 is 0 Å². The molecule has 4 rings (SSSR count). The minimum absolute atomic E-state index is 0.212. The highest BCUT2D eigenvalue weighted by Crippen LogP contribution is 2.32. The lowest BCUT2D eigenvalue weighted by molar-refractivity contribution is 0.0922. The van der Waals surface area contributed by atoms with Crippen molar-refractivity contribution in [2.75, 3.05) is 38.5 Å². The summed E-state index contributed by atoms with van der Waals surface area (Å²) in [6.07, 6.45) is 5.11. The van der Waals surface area contributed by atoms with Crippen molar-refractivity contribution in [2.24, 2.45) is 0 Å². The van der Waals surface area contributed by atoms with Gasteiger partial charge in [-0.3, -0.25) is 4.79 Å². The first-order valence-corrected chi connectivity index (χ1v) is 11.8. The van der Waals surface area contributed by atoms with Gasteiger partial charge in [0.1, 0.15) is 11.5 Å². The van der Waals surface area contributed by atoms with Gasteiger partial charge in [0.15, 0.2) is 18.2 Å². The third-order valence-electron chi connectivity index (χ3n) is 5.32. The van der Waals surface area contributed by atoms with Gasteiger partial charge in [0.2, 0.25) is 11.7 Å². The lowest BCUT2D eigenvalue weighted by Gasteiger charge is -2.14. The highest BCUT2D eigenvalue weighted by molar-refractivity contribution is 6.36. The maximum atomic E-state index is 12.7. The van der Waals surface area contributed by atoms with Crippen molar-refractivity contribution in [3.05, 3.63) is 70.4 Å². The Hall–Kier alpha value is -4.02. The molecule has 0 unspecified atom stereocenters. The monoisotopic (exact) mass is 542 g/mol. The number of carbonyl (C=O) groups excluding carboxylic acids is 1. The van der Waals surface area contributed by atoms with Gasteiger partial charge in [0.25, 0.3) is 0 Å². The van der Waals surface area contributed by atoms with E-state index in [4.69, 9.17) is 37.4 Å². The summed E-state index contributed by atoms with van der Waals surface area (Å²) < 4.78 is 18.2. The molecule has 0 spiro atoms. The topological polar surface area (TPSA) is 112 Å². The van der Waals surface area contributed by atoms with Crippen LogP contribution in [0.15, 0.2) is 49.1 Å². The number of aryl methyl sites for hydroxylation is 1. The molecule has 2 aromatic carbocycles. The molecule has 10 nitrogen and oxygen atoms in total. The van der Waals surface area contributed by atoms with Gasteiger partial charge >= 0.3 is 0 Å². The van der Waals surface area contributed by atoms with E-state index in [0.29, 0.717) is 29.0 Å². The molecule has 192 valence electrons. The second-order valence-electron chi connectivity index (χ2n) is 7.77. The van der Waals surface area contributed by atoms with E-state index in [0.717, 1.165) is 17.1 Å². The van der Waals surface area contributed by atoms with Crippen LogP contribution < -0.4 is 24.8 Å². The van der Waals surface area contributed by atoms with Gasteiger partial charge in [0, 0.05) is 36.6 Å². The smallest absolute Gasteiger partial charge is 0.229 e. The summed E-state index contributed by atoms with van der Waals surface area (Å²) >= 11 is 12.3. The zero-order chi connectivity index (χ0) is 26.5. The fraction of sp³-hybridized carbons (Fsp3) is 0.200. The van der Waals surface area contributed by atoms with Crippen molar-refractivity contribution < 1.29 is 19.0 Å².